The molecule has 0 fully saturated rings. The van der Waals surface area contributed by atoms with Crippen molar-refractivity contribution in [3.63, 3.8) is 0 Å². The number of benzene rings is 3. The molecule has 3 heteroatoms. The van der Waals surface area contributed by atoms with E-state index in [0.717, 1.165) is 16.3 Å². The number of aryl methyl sites for hydroxylation is 1. The maximum atomic E-state index is 12.5. The zero-order chi connectivity index (χ0) is 15.5. The molecule has 0 saturated carbocycles. The van der Waals surface area contributed by atoms with Crippen molar-refractivity contribution in [1.29, 1.82) is 0 Å². The van der Waals surface area contributed by atoms with Gasteiger partial charge in [-0.05, 0) is 41.5 Å². The molecular formula is C19H17NO2. The van der Waals surface area contributed by atoms with E-state index in [1.165, 1.54) is 0 Å². The highest BCUT2D eigenvalue weighted by Crippen LogP contribution is 2.28. The van der Waals surface area contributed by atoms with Gasteiger partial charge in [-0.2, -0.15) is 0 Å². The predicted octanol–water partition coefficient (Wildman–Crippen LogP) is 4.41. The molecule has 1 amide bonds. The summed E-state index contributed by atoms with van der Waals surface area (Å²) in [6.07, 6.45) is 0. The number of anilines is 1. The van der Waals surface area contributed by atoms with Crippen LogP contribution in [0.1, 0.15) is 15.9 Å². The van der Waals surface area contributed by atoms with Crippen molar-refractivity contribution in [3.8, 4) is 5.75 Å². The fourth-order valence-electron chi connectivity index (χ4n) is 2.49. The van der Waals surface area contributed by atoms with Crippen LogP contribution in [0.15, 0.2) is 60.7 Å². The minimum Gasteiger partial charge on any atom is -0.495 e. The minimum atomic E-state index is -0.140. The average Bonchev–Trinajstić information content (AvgIpc) is 2.56. The van der Waals surface area contributed by atoms with E-state index in [1.54, 1.807) is 7.11 Å². The number of hydrogen-bond acceptors (Lipinski definition) is 2. The molecule has 0 radical (unpaired) electrons. The van der Waals surface area contributed by atoms with Crippen molar-refractivity contribution < 1.29 is 9.53 Å². The summed E-state index contributed by atoms with van der Waals surface area (Å²) in [6.45, 7) is 1.94. The Balaban J connectivity index is 1.93. The first kappa shape index (κ1) is 14.1. The second-order valence-corrected chi connectivity index (χ2v) is 5.17. The summed E-state index contributed by atoms with van der Waals surface area (Å²) < 4.78 is 5.32. The van der Waals surface area contributed by atoms with E-state index in [1.807, 2.05) is 67.6 Å². The summed E-state index contributed by atoms with van der Waals surface area (Å²) in [4.78, 5) is 12.5. The molecule has 0 aliphatic carbocycles. The van der Waals surface area contributed by atoms with Crippen LogP contribution in [-0.2, 0) is 0 Å². The van der Waals surface area contributed by atoms with Crippen LogP contribution in [0, 0.1) is 6.92 Å². The smallest absolute Gasteiger partial charge is 0.255 e. The van der Waals surface area contributed by atoms with Gasteiger partial charge in [0.25, 0.3) is 5.91 Å². The van der Waals surface area contributed by atoms with E-state index in [-0.39, 0.29) is 5.91 Å². The van der Waals surface area contributed by atoms with Gasteiger partial charge in [-0.1, -0.05) is 42.5 Å². The molecule has 3 nitrogen and oxygen atoms in total. The quantitative estimate of drug-likeness (QED) is 0.776. The Kier molecular flexibility index (Phi) is 3.79. The van der Waals surface area contributed by atoms with Gasteiger partial charge in [-0.15, -0.1) is 0 Å². The van der Waals surface area contributed by atoms with Crippen LogP contribution in [0.5, 0.6) is 5.75 Å². The van der Waals surface area contributed by atoms with Gasteiger partial charge in [0, 0.05) is 5.56 Å². The number of carbonyl (C=O) groups is 1. The van der Waals surface area contributed by atoms with E-state index in [4.69, 9.17) is 4.74 Å². The Morgan fingerprint density at radius 1 is 0.955 bits per heavy atom. The number of rotatable bonds is 3. The van der Waals surface area contributed by atoms with Crippen molar-refractivity contribution in [2.24, 2.45) is 0 Å². The van der Waals surface area contributed by atoms with E-state index in [0.29, 0.717) is 17.0 Å². The number of para-hydroxylation sites is 1. The molecular weight excluding hydrogens is 274 g/mol. The van der Waals surface area contributed by atoms with Crippen LogP contribution in [0.4, 0.5) is 5.69 Å². The standard InChI is InChI=1S/C19H17NO2/c1-13-6-5-9-17(22-2)18(13)20-19(21)16-11-10-14-7-3-4-8-15(14)12-16/h3-12H,1-2H3,(H,20,21). The highest BCUT2D eigenvalue weighted by atomic mass is 16.5. The number of methoxy groups -OCH3 is 1. The molecule has 0 bridgehead atoms. The molecule has 22 heavy (non-hydrogen) atoms. The first-order valence-corrected chi connectivity index (χ1v) is 7.13. The van der Waals surface area contributed by atoms with Crippen LogP contribution in [0.2, 0.25) is 0 Å². The van der Waals surface area contributed by atoms with Crippen LogP contribution in [0.25, 0.3) is 10.8 Å². The minimum absolute atomic E-state index is 0.140. The Morgan fingerprint density at radius 2 is 1.73 bits per heavy atom. The van der Waals surface area contributed by atoms with Crippen molar-refractivity contribution >= 4 is 22.4 Å². The lowest BCUT2D eigenvalue weighted by Gasteiger charge is -2.13. The molecule has 3 rings (SSSR count). The Labute approximate surface area is 129 Å². The van der Waals surface area contributed by atoms with Gasteiger partial charge in [0.05, 0.1) is 12.8 Å². The van der Waals surface area contributed by atoms with Crippen molar-refractivity contribution in [3.05, 3.63) is 71.8 Å². The van der Waals surface area contributed by atoms with Gasteiger partial charge in [0.2, 0.25) is 0 Å². The highest BCUT2D eigenvalue weighted by Gasteiger charge is 2.12. The molecule has 0 saturated heterocycles. The second kappa shape index (κ2) is 5.90. The van der Waals surface area contributed by atoms with Gasteiger partial charge in [0.1, 0.15) is 5.75 Å². The Morgan fingerprint density at radius 3 is 2.50 bits per heavy atom. The monoisotopic (exact) mass is 291 g/mol. The number of hydrogen-bond donors (Lipinski definition) is 1. The number of ether oxygens (including phenoxy) is 1. The van der Waals surface area contributed by atoms with Gasteiger partial charge in [0.15, 0.2) is 0 Å². The summed E-state index contributed by atoms with van der Waals surface area (Å²) in [7, 11) is 1.60. The fraction of sp³-hybridized carbons (Fsp3) is 0.105. The highest BCUT2D eigenvalue weighted by molar-refractivity contribution is 6.07. The number of carbonyl (C=O) groups excluding carboxylic acids is 1. The van der Waals surface area contributed by atoms with E-state index >= 15 is 0 Å². The van der Waals surface area contributed by atoms with Crippen molar-refractivity contribution in [2.75, 3.05) is 12.4 Å². The van der Waals surface area contributed by atoms with Crippen LogP contribution < -0.4 is 10.1 Å². The van der Waals surface area contributed by atoms with E-state index in [9.17, 15) is 4.79 Å². The molecule has 0 heterocycles. The second-order valence-electron chi connectivity index (χ2n) is 5.17. The predicted molar refractivity (Wildman–Crippen MR) is 89.6 cm³/mol. The Bertz CT molecular complexity index is 840. The Hall–Kier alpha value is -2.81. The average molecular weight is 291 g/mol. The molecule has 0 aromatic heterocycles. The zero-order valence-electron chi connectivity index (χ0n) is 12.6. The molecule has 0 spiro atoms. The van der Waals surface area contributed by atoms with E-state index in [2.05, 4.69) is 5.32 Å². The molecule has 0 aliphatic heterocycles. The molecule has 3 aromatic rings. The maximum Gasteiger partial charge on any atom is 0.255 e. The summed E-state index contributed by atoms with van der Waals surface area (Å²) >= 11 is 0. The van der Waals surface area contributed by atoms with Gasteiger partial charge >= 0.3 is 0 Å². The molecule has 0 atom stereocenters. The van der Waals surface area contributed by atoms with E-state index < -0.39 is 0 Å². The lowest BCUT2D eigenvalue weighted by Crippen LogP contribution is -2.13. The molecule has 0 aliphatic rings. The fourth-order valence-corrected chi connectivity index (χ4v) is 2.49. The molecule has 0 unspecified atom stereocenters. The third kappa shape index (κ3) is 2.66. The largest absolute Gasteiger partial charge is 0.495 e. The number of nitrogens with one attached hydrogen (secondary N) is 1. The van der Waals surface area contributed by atoms with Crippen molar-refractivity contribution in [1.82, 2.24) is 0 Å². The topological polar surface area (TPSA) is 38.3 Å². The third-order valence-electron chi connectivity index (χ3n) is 3.70. The summed E-state index contributed by atoms with van der Waals surface area (Å²) in [5.41, 5.74) is 2.31. The number of fused-ring (bicyclic) bond motifs is 1. The van der Waals surface area contributed by atoms with Gasteiger partial charge in [-0.3, -0.25) is 4.79 Å². The normalized spacial score (nSPS) is 10.5. The zero-order valence-corrected chi connectivity index (χ0v) is 12.6. The lowest BCUT2D eigenvalue weighted by molar-refractivity contribution is 0.102. The lowest BCUT2D eigenvalue weighted by atomic mass is 10.1. The molecule has 3 aromatic carbocycles. The first-order chi connectivity index (χ1) is 10.7. The van der Waals surface area contributed by atoms with Crippen molar-refractivity contribution in [2.45, 2.75) is 6.92 Å². The van der Waals surface area contributed by atoms with Crippen LogP contribution in [0.3, 0.4) is 0 Å². The summed E-state index contributed by atoms with van der Waals surface area (Å²) in [6, 6.07) is 19.4. The third-order valence-corrected chi connectivity index (χ3v) is 3.70. The molecule has 1 N–H and O–H groups in total. The maximum absolute atomic E-state index is 12.5. The van der Waals surface area contributed by atoms with Gasteiger partial charge < -0.3 is 10.1 Å². The van der Waals surface area contributed by atoms with Crippen LogP contribution in [-0.4, -0.2) is 13.0 Å². The van der Waals surface area contributed by atoms with Gasteiger partial charge in [-0.25, -0.2) is 0 Å². The molecule has 110 valence electrons. The van der Waals surface area contributed by atoms with Crippen LogP contribution >= 0.6 is 0 Å². The summed E-state index contributed by atoms with van der Waals surface area (Å²) in [5, 5.41) is 5.11. The first-order valence-electron chi connectivity index (χ1n) is 7.13. The number of amides is 1. The SMILES string of the molecule is COc1cccc(C)c1NC(=O)c1ccc2ccccc2c1. The summed E-state index contributed by atoms with van der Waals surface area (Å²) in [5.74, 6) is 0.521.